The standard InChI is InChI=1S/C46H29NS2/c1-2-12-31-27-33(24-23-30(31)11-1)36-15-3-6-20-42(36)47(35-25-26-45-41(29-35)39-17-5-7-21-43(39)48-45)34-14-9-13-32(28-34)37-18-10-19-40-38-16-4-8-22-44(38)49-46(37)40/h1-29H. The maximum Gasteiger partial charge on any atom is 0.0540 e. The summed E-state index contributed by atoms with van der Waals surface area (Å²) in [5.74, 6) is 0. The molecule has 0 amide bonds. The molecular weight excluding hydrogens is 631 g/mol. The highest BCUT2D eigenvalue weighted by Crippen LogP contribution is 2.46. The average Bonchev–Trinajstić information content (AvgIpc) is 3.73. The number of hydrogen-bond acceptors (Lipinski definition) is 3. The van der Waals surface area contributed by atoms with Crippen molar-refractivity contribution in [3.63, 3.8) is 0 Å². The maximum absolute atomic E-state index is 2.45. The van der Waals surface area contributed by atoms with E-state index in [1.807, 2.05) is 22.7 Å². The summed E-state index contributed by atoms with van der Waals surface area (Å²) in [5.41, 5.74) is 8.29. The van der Waals surface area contributed by atoms with Crippen molar-refractivity contribution in [2.45, 2.75) is 0 Å². The third-order valence-electron chi connectivity index (χ3n) is 9.64. The van der Waals surface area contributed by atoms with E-state index < -0.39 is 0 Å². The van der Waals surface area contributed by atoms with E-state index in [4.69, 9.17) is 0 Å². The van der Waals surface area contributed by atoms with E-state index in [1.165, 1.54) is 73.4 Å². The zero-order valence-electron chi connectivity index (χ0n) is 26.5. The van der Waals surface area contributed by atoms with Crippen LogP contribution in [-0.2, 0) is 0 Å². The van der Waals surface area contributed by atoms with Crippen molar-refractivity contribution in [1.82, 2.24) is 0 Å². The second-order valence-corrected chi connectivity index (χ2v) is 14.7. The molecule has 0 spiro atoms. The first-order valence-corrected chi connectivity index (χ1v) is 18.2. The molecule has 0 fully saturated rings. The van der Waals surface area contributed by atoms with E-state index in [9.17, 15) is 0 Å². The van der Waals surface area contributed by atoms with E-state index >= 15 is 0 Å². The first-order chi connectivity index (χ1) is 24.3. The van der Waals surface area contributed by atoms with Crippen LogP contribution in [0.3, 0.4) is 0 Å². The molecule has 2 heterocycles. The zero-order chi connectivity index (χ0) is 32.3. The van der Waals surface area contributed by atoms with Gasteiger partial charge in [-0.3, -0.25) is 0 Å². The Morgan fingerprint density at radius 1 is 0.347 bits per heavy atom. The van der Waals surface area contributed by atoms with E-state index in [2.05, 4.69) is 181 Å². The number of anilines is 3. The summed E-state index contributed by atoms with van der Waals surface area (Å²) in [6.07, 6.45) is 0. The van der Waals surface area contributed by atoms with Gasteiger partial charge in [0, 0.05) is 57.3 Å². The minimum absolute atomic E-state index is 1.13. The van der Waals surface area contributed by atoms with Crippen LogP contribution in [0.1, 0.15) is 0 Å². The van der Waals surface area contributed by atoms with Gasteiger partial charge in [-0.1, -0.05) is 121 Å². The molecule has 0 saturated carbocycles. The minimum Gasteiger partial charge on any atom is -0.310 e. The molecule has 0 saturated heterocycles. The molecule has 0 aliphatic carbocycles. The quantitative estimate of drug-likeness (QED) is 0.178. The summed E-state index contributed by atoms with van der Waals surface area (Å²) in [5, 5.41) is 7.72. The number of hydrogen-bond donors (Lipinski definition) is 0. The summed E-state index contributed by atoms with van der Waals surface area (Å²) in [7, 11) is 0. The molecule has 1 nitrogen and oxygen atoms in total. The van der Waals surface area contributed by atoms with Crippen molar-refractivity contribution in [2.24, 2.45) is 0 Å². The first kappa shape index (κ1) is 28.3. The summed E-state index contributed by atoms with van der Waals surface area (Å²) >= 11 is 3.74. The van der Waals surface area contributed by atoms with Crippen molar-refractivity contribution in [3.05, 3.63) is 176 Å². The normalized spacial score (nSPS) is 11.7. The van der Waals surface area contributed by atoms with Crippen molar-refractivity contribution in [3.8, 4) is 22.3 Å². The number of nitrogens with zero attached hydrogens (tertiary/aromatic N) is 1. The Morgan fingerprint density at radius 3 is 1.88 bits per heavy atom. The van der Waals surface area contributed by atoms with Gasteiger partial charge in [0.05, 0.1) is 5.69 Å². The number of para-hydroxylation sites is 1. The number of benzene rings is 8. The molecule has 10 aromatic rings. The Bertz CT molecular complexity index is 2860. The van der Waals surface area contributed by atoms with Crippen LogP contribution in [0.4, 0.5) is 17.1 Å². The van der Waals surface area contributed by atoms with Crippen LogP contribution in [0.5, 0.6) is 0 Å². The molecule has 49 heavy (non-hydrogen) atoms. The largest absolute Gasteiger partial charge is 0.310 e. The van der Waals surface area contributed by atoms with Gasteiger partial charge in [0.15, 0.2) is 0 Å². The Kier molecular flexibility index (Phi) is 6.61. The van der Waals surface area contributed by atoms with E-state index in [0.717, 1.165) is 17.1 Å². The number of rotatable bonds is 5. The molecule has 0 bridgehead atoms. The van der Waals surface area contributed by atoms with Gasteiger partial charge in [0.1, 0.15) is 0 Å². The summed E-state index contributed by atoms with van der Waals surface area (Å²) in [6, 6.07) is 64.5. The monoisotopic (exact) mass is 659 g/mol. The fraction of sp³-hybridized carbons (Fsp3) is 0. The van der Waals surface area contributed by atoms with Gasteiger partial charge >= 0.3 is 0 Å². The van der Waals surface area contributed by atoms with Gasteiger partial charge in [-0.25, -0.2) is 0 Å². The lowest BCUT2D eigenvalue weighted by Crippen LogP contribution is -2.11. The summed E-state index contributed by atoms with van der Waals surface area (Å²) < 4.78 is 5.27. The highest BCUT2D eigenvalue weighted by atomic mass is 32.1. The van der Waals surface area contributed by atoms with Gasteiger partial charge in [-0.15, -0.1) is 22.7 Å². The van der Waals surface area contributed by atoms with E-state index in [-0.39, 0.29) is 0 Å². The molecule has 0 aliphatic heterocycles. The lowest BCUT2D eigenvalue weighted by Gasteiger charge is -2.28. The highest BCUT2D eigenvalue weighted by Gasteiger charge is 2.20. The second kappa shape index (κ2) is 11.5. The van der Waals surface area contributed by atoms with Crippen LogP contribution >= 0.6 is 22.7 Å². The van der Waals surface area contributed by atoms with Crippen LogP contribution in [0.25, 0.3) is 73.4 Å². The topological polar surface area (TPSA) is 3.24 Å². The lowest BCUT2D eigenvalue weighted by molar-refractivity contribution is 1.29. The fourth-order valence-electron chi connectivity index (χ4n) is 7.34. The third-order valence-corrected chi connectivity index (χ3v) is 12.0. The average molecular weight is 660 g/mol. The highest BCUT2D eigenvalue weighted by molar-refractivity contribution is 7.26. The molecule has 0 aliphatic rings. The van der Waals surface area contributed by atoms with E-state index in [1.54, 1.807) is 0 Å². The Morgan fingerprint density at radius 2 is 0.980 bits per heavy atom. The van der Waals surface area contributed by atoms with Crippen LogP contribution in [0, 0.1) is 0 Å². The fourth-order valence-corrected chi connectivity index (χ4v) is 9.66. The van der Waals surface area contributed by atoms with Crippen molar-refractivity contribution in [1.29, 1.82) is 0 Å². The van der Waals surface area contributed by atoms with Crippen LogP contribution in [0.15, 0.2) is 176 Å². The smallest absolute Gasteiger partial charge is 0.0540 e. The van der Waals surface area contributed by atoms with Crippen LogP contribution < -0.4 is 4.90 Å². The van der Waals surface area contributed by atoms with Crippen LogP contribution in [0.2, 0.25) is 0 Å². The van der Waals surface area contributed by atoms with Crippen molar-refractivity contribution >= 4 is 90.9 Å². The molecule has 10 rings (SSSR count). The Labute approximate surface area is 292 Å². The number of fused-ring (bicyclic) bond motifs is 7. The molecule has 0 atom stereocenters. The van der Waals surface area contributed by atoms with Crippen LogP contribution in [-0.4, -0.2) is 0 Å². The van der Waals surface area contributed by atoms with Gasteiger partial charge < -0.3 is 4.90 Å². The van der Waals surface area contributed by atoms with Crippen molar-refractivity contribution < 1.29 is 0 Å². The Hall–Kier alpha value is -5.74. The lowest BCUT2D eigenvalue weighted by atomic mass is 9.98. The first-order valence-electron chi connectivity index (χ1n) is 16.6. The summed E-state index contributed by atoms with van der Waals surface area (Å²) in [4.78, 5) is 2.45. The molecule has 3 heteroatoms. The molecule has 0 radical (unpaired) electrons. The molecule has 0 N–H and O–H groups in total. The second-order valence-electron chi connectivity index (χ2n) is 12.5. The maximum atomic E-state index is 2.45. The predicted octanol–water partition coefficient (Wildman–Crippen LogP) is 14.4. The third kappa shape index (κ3) is 4.74. The van der Waals surface area contributed by atoms with E-state index in [0.29, 0.717) is 0 Å². The van der Waals surface area contributed by atoms with Gasteiger partial charge in [-0.05, 0) is 82.1 Å². The van der Waals surface area contributed by atoms with Gasteiger partial charge in [-0.2, -0.15) is 0 Å². The molecular formula is C46H29NS2. The molecule has 230 valence electrons. The zero-order valence-corrected chi connectivity index (χ0v) is 28.1. The molecule has 2 aromatic heterocycles. The molecule has 8 aromatic carbocycles. The SMILES string of the molecule is c1cc(-c2cccc3c2sc2ccccc23)cc(N(c2ccc3sc4ccccc4c3c2)c2ccccc2-c2ccc3ccccc3c2)c1. The summed E-state index contributed by atoms with van der Waals surface area (Å²) in [6.45, 7) is 0. The number of thiophene rings is 2. The Balaban J connectivity index is 1.20. The van der Waals surface area contributed by atoms with Gasteiger partial charge in [0.25, 0.3) is 0 Å². The minimum atomic E-state index is 1.13. The van der Waals surface area contributed by atoms with Gasteiger partial charge in [0.2, 0.25) is 0 Å². The van der Waals surface area contributed by atoms with Crippen molar-refractivity contribution in [2.75, 3.05) is 4.90 Å². The molecule has 0 unspecified atom stereocenters. The predicted molar refractivity (Wildman–Crippen MR) is 215 cm³/mol.